The second-order valence-electron chi connectivity index (χ2n) is 6.07. The molecule has 0 fully saturated rings. The van der Waals surface area contributed by atoms with Gasteiger partial charge in [-0.3, -0.25) is 9.59 Å². The average molecular weight is 310 g/mol. The van der Waals surface area contributed by atoms with Crippen molar-refractivity contribution in [1.82, 2.24) is 9.88 Å². The summed E-state index contributed by atoms with van der Waals surface area (Å²) in [4.78, 5) is 23.7. The third-order valence-corrected chi connectivity index (χ3v) is 4.49. The molecule has 0 aliphatic heterocycles. The van der Waals surface area contributed by atoms with Gasteiger partial charge in [0.25, 0.3) is 0 Å². The first kappa shape index (κ1) is 15.5. The average Bonchev–Trinajstić information content (AvgIpc) is 2.96. The van der Waals surface area contributed by atoms with E-state index in [-0.39, 0.29) is 11.5 Å². The van der Waals surface area contributed by atoms with Crippen molar-refractivity contribution in [3.63, 3.8) is 0 Å². The molecule has 0 bridgehead atoms. The summed E-state index contributed by atoms with van der Waals surface area (Å²) >= 11 is 0. The summed E-state index contributed by atoms with van der Waals surface area (Å²) in [6.07, 6.45) is 5.23. The number of benzene rings is 1. The first-order chi connectivity index (χ1) is 11.2. The van der Waals surface area contributed by atoms with Crippen LogP contribution >= 0.6 is 0 Å². The molecule has 0 spiro atoms. The smallest absolute Gasteiger partial charge is 0.250 e. The van der Waals surface area contributed by atoms with Gasteiger partial charge in [-0.15, -0.1) is 0 Å². The number of pyridine rings is 1. The Bertz CT molecular complexity index is 736. The largest absolute Gasteiger partial charge is 0.356 e. The molecule has 4 nitrogen and oxygen atoms in total. The number of rotatable bonds is 6. The topological polar surface area (TPSA) is 51.1 Å². The van der Waals surface area contributed by atoms with Crippen LogP contribution < -0.4 is 10.9 Å². The molecular formula is C19H22N2O2. The van der Waals surface area contributed by atoms with Crippen molar-refractivity contribution in [3.05, 3.63) is 70.1 Å². The van der Waals surface area contributed by atoms with Crippen LogP contribution in [0.5, 0.6) is 0 Å². The Hall–Kier alpha value is -2.36. The lowest BCUT2D eigenvalue weighted by atomic mass is 9.97. The molecule has 1 aliphatic rings. The molecule has 4 heteroatoms. The number of aryl methyl sites for hydroxylation is 2. The minimum absolute atomic E-state index is 0.00129. The number of nitrogens with one attached hydrogen (secondary N) is 1. The van der Waals surface area contributed by atoms with Crippen LogP contribution in [-0.2, 0) is 17.8 Å². The van der Waals surface area contributed by atoms with Crippen molar-refractivity contribution < 1.29 is 4.79 Å². The molecule has 0 radical (unpaired) electrons. The highest BCUT2D eigenvalue weighted by Gasteiger charge is 2.23. The molecule has 2 aromatic rings. The minimum atomic E-state index is 0.00129. The monoisotopic (exact) mass is 310 g/mol. The molecule has 1 aromatic heterocycles. The van der Waals surface area contributed by atoms with Crippen molar-refractivity contribution >= 4 is 5.91 Å². The SMILES string of the molecule is O=C(CC1CCc2ccccc21)NCCCn1ccccc1=O. The molecule has 1 aliphatic carbocycles. The first-order valence-electron chi connectivity index (χ1n) is 8.24. The molecule has 1 amide bonds. The number of fused-ring (bicyclic) bond motifs is 1. The maximum absolute atomic E-state index is 12.1. The number of amides is 1. The molecule has 1 N–H and O–H groups in total. The number of hydrogen-bond acceptors (Lipinski definition) is 2. The second kappa shape index (κ2) is 7.27. The van der Waals surface area contributed by atoms with Crippen LogP contribution in [-0.4, -0.2) is 17.0 Å². The summed E-state index contributed by atoms with van der Waals surface area (Å²) in [5, 5.41) is 2.98. The summed E-state index contributed by atoms with van der Waals surface area (Å²) in [5.74, 6) is 0.454. The van der Waals surface area contributed by atoms with E-state index in [1.54, 1.807) is 22.9 Å². The van der Waals surface area contributed by atoms with E-state index in [0.717, 1.165) is 19.3 Å². The van der Waals surface area contributed by atoms with Crippen molar-refractivity contribution in [2.24, 2.45) is 0 Å². The fourth-order valence-corrected chi connectivity index (χ4v) is 3.28. The van der Waals surface area contributed by atoms with E-state index in [0.29, 0.717) is 25.4 Å². The molecule has 1 aromatic carbocycles. The van der Waals surface area contributed by atoms with Gasteiger partial charge in [0.2, 0.25) is 11.5 Å². The van der Waals surface area contributed by atoms with Gasteiger partial charge in [-0.25, -0.2) is 0 Å². The van der Waals surface area contributed by atoms with Gasteiger partial charge in [0, 0.05) is 31.8 Å². The van der Waals surface area contributed by atoms with Crippen molar-refractivity contribution in [3.8, 4) is 0 Å². The van der Waals surface area contributed by atoms with Crippen LogP contribution in [0.15, 0.2) is 53.5 Å². The highest BCUT2D eigenvalue weighted by Crippen LogP contribution is 2.34. The Morgan fingerprint density at radius 3 is 2.87 bits per heavy atom. The van der Waals surface area contributed by atoms with Gasteiger partial charge < -0.3 is 9.88 Å². The lowest BCUT2D eigenvalue weighted by Gasteiger charge is -2.12. The van der Waals surface area contributed by atoms with E-state index >= 15 is 0 Å². The minimum Gasteiger partial charge on any atom is -0.356 e. The van der Waals surface area contributed by atoms with E-state index in [9.17, 15) is 9.59 Å². The summed E-state index contributed by atoms with van der Waals surface area (Å²) < 4.78 is 1.67. The van der Waals surface area contributed by atoms with Crippen molar-refractivity contribution in [1.29, 1.82) is 0 Å². The van der Waals surface area contributed by atoms with Gasteiger partial charge in [-0.05, 0) is 42.4 Å². The van der Waals surface area contributed by atoms with Crippen LogP contribution in [0.25, 0.3) is 0 Å². The van der Waals surface area contributed by atoms with Gasteiger partial charge in [0.05, 0.1) is 0 Å². The molecule has 0 saturated carbocycles. The zero-order valence-corrected chi connectivity index (χ0v) is 13.2. The van der Waals surface area contributed by atoms with Gasteiger partial charge in [0.1, 0.15) is 0 Å². The summed E-state index contributed by atoms with van der Waals surface area (Å²) in [6, 6.07) is 13.5. The fraction of sp³-hybridized carbons (Fsp3) is 0.368. The normalized spacial score (nSPS) is 16.1. The quantitative estimate of drug-likeness (QED) is 0.833. The fourth-order valence-electron chi connectivity index (χ4n) is 3.28. The Balaban J connectivity index is 1.42. The predicted molar refractivity (Wildman–Crippen MR) is 90.4 cm³/mol. The van der Waals surface area contributed by atoms with Crippen LogP contribution in [0.4, 0.5) is 0 Å². The Morgan fingerprint density at radius 2 is 2.00 bits per heavy atom. The predicted octanol–water partition coefficient (Wildman–Crippen LogP) is 2.47. The van der Waals surface area contributed by atoms with Crippen LogP contribution in [0.1, 0.15) is 36.3 Å². The zero-order valence-electron chi connectivity index (χ0n) is 13.2. The third-order valence-electron chi connectivity index (χ3n) is 4.49. The van der Waals surface area contributed by atoms with Crippen LogP contribution in [0.3, 0.4) is 0 Å². The highest BCUT2D eigenvalue weighted by atomic mass is 16.1. The third kappa shape index (κ3) is 3.89. The maximum Gasteiger partial charge on any atom is 0.250 e. The number of aromatic nitrogens is 1. The number of carbonyl (C=O) groups excluding carboxylic acids is 1. The Kier molecular flexibility index (Phi) is 4.91. The highest BCUT2D eigenvalue weighted by molar-refractivity contribution is 5.77. The first-order valence-corrected chi connectivity index (χ1v) is 8.24. The van der Waals surface area contributed by atoms with E-state index in [2.05, 4.69) is 23.5 Å². The lowest BCUT2D eigenvalue weighted by molar-refractivity contribution is -0.121. The molecule has 3 rings (SSSR count). The second-order valence-corrected chi connectivity index (χ2v) is 6.07. The molecule has 0 saturated heterocycles. The van der Waals surface area contributed by atoms with E-state index in [1.165, 1.54) is 11.1 Å². The molecule has 1 heterocycles. The molecule has 120 valence electrons. The van der Waals surface area contributed by atoms with Gasteiger partial charge in [-0.2, -0.15) is 0 Å². The Morgan fingerprint density at radius 1 is 1.17 bits per heavy atom. The van der Waals surface area contributed by atoms with Gasteiger partial charge in [-0.1, -0.05) is 30.3 Å². The van der Waals surface area contributed by atoms with E-state index < -0.39 is 0 Å². The molecule has 23 heavy (non-hydrogen) atoms. The molecule has 1 atom stereocenters. The molecular weight excluding hydrogens is 288 g/mol. The van der Waals surface area contributed by atoms with Crippen LogP contribution in [0.2, 0.25) is 0 Å². The number of carbonyl (C=O) groups is 1. The lowest BCUT2D eigenvalue weighted by Crippen LogP contribution is -2.27. The van der Waals surface area contributed by atoms with E-state index in [4.69, 9.17) is 0 Å². The summed E-state index contributed by atoms with van der Waals surface area (Å²) in [5.41, 5.74) is 2.72. The maximum atomic E-state index is 12.1. The van der Waals surface area contributed by atoms with Crippen molar-refractivity contribution in [2.75, 3.05) is 6.54 Å². The standard InChI is InChI=1S/C19H22N2O2/c22-18(14-16-10-9-15-6-1-2-7-17(15)16)20-11-5-13-21-12-4-3-8-19(21)23/h1-4,6-8,12,16H,5,9-11,13-14H2,(H,20,22). The number of nitrogens with zero attached hydrogens (tertiary/aromatic N) is 1. The van der Waals surface area contributed by atoms with Crippen molar-refractivity contribution in [2.45, 2.75) is 38.1 Å². The number of hydrogen-bond donors (Lipinski definition) is 1. The summed E-state index contributed by atoms with van der Waals surface area (Å²) in [6.45, 7) is 1.24. The van der Waals surface area contributed by atoms with Gasteiger partial charge >= 0.3 is 0 Å². The Labute approximate surface area is 136 Å². The summed E-state index contributed by atoms with van der Waals surface area (Å²) in [7, 11) is 0. The molecule has 1 unspecified atom stereocenters. The zero-order chi connectivity index (χ0) is 16.1. The van der Waals surface area contributed by atoms with Crippen LogP contribution in [0, 0.1) is 0 Å². The van der Waals surface area contributed by atoms with Gasteiger partial charge in [0.15, 0.2) is 0 Å². The van der Waals surface area contributed by atoms with E-state index in [1.807, 2.05) is 12.1 Å².